The van der Waals surface area contributed by atoms with Crippen molar-refractivity contribution >= 4 is 40.1 Å². The Morgan fingerprint density at radius 1 is 1.17 bits per heavy atom. The molecule has 0 heterocycles. The van der Waals surface area contributed by atoms with E-state index in [0.717, 1.165) is 9.13 Å². The summed E-state index contributed by atoms with van der Waals surface area (Å²) in [6.45, 7) is 0.501. The summed E-state index contributed by atoms with van der Waals surface area (Å²) in [6, 6.07) is 14.9. The highest BCUT2D eigenvalue weighted by Gasteiger charge is 2.05. The van der Waals surface area contributed by atoms with E-state index in [0.29, 0.717) is 17.1 Å². The Balaban J connectivity index is 1.98. The van der Waals surface area contributed by atoms with E-state index in [4.69, 9.17) is 11.6 Å². The number of amides is 1. The largest absolute Gasteiger partial charge is 0.348 e. The van der Waals surface area contributed by atoms with E-state index in [-0.39, 0.29) is 5.91 Å². The third-order valence-corrected chi connectivity index (χ3v) is 3.38. The predicted octanol–water partition coefficient (Wildman–Crippen LogP) is 3.87. The van der Waals surface area contributed by atoms with Gasteiger partial charge in [-0.25, -0.2) is 0 Å². The first kappa shape index (κ1) is 13.4. The van der Waals surface area contributed by atoms with Gasteiger partial charge in [0.05, 0.1) is 0 Å². The first-order valence-electron chi connectivity index (χ1n) is 5.43. The molecule has 2 rings (SSSR count). The summed E-state index contributed by atoms with van der Waals surface area (Å²) >= 11 is 7.99. The van der Waals surface area contributed by atoms with Gasteiger partial charge in [0.2, 0.25) is 0 Å². The fraction of sp³-hybridized carbons (Fsp3) is 0.0714. The molecule has 2 aromatic carbocycles. The second-order valence-electron chi connectivity index (χ2n) is 3.82. The molecule has 0 aliphatic rings. The Morgan fingerprint density at radius 3 is 2.56 bits per heavy atom. The normalized spacial score (nSPS) is 10.1. The summed E-state index contributed by atoms with van der Waals surface area (Å²) < 4.78 is 1.05. The molecular weight excluding hydrogens is 361 g/mol. The minimum absolute atomic E-state index is 0.0662. The van der Waals surface area contributed by atoms with Gasteiger partial charge in [-0.15, -0.1) is 0 Å². The third kappa shape index (κ3) is 3.71. The molecule has 18 heavy (non-hydrogen) atoms. The first-order chi connectivity index (χ1) is 8.65. The molecule has 2 nitrogen and oxygen atoms in total. The van der Waals surface area contributed by atoms with Crippen LogP contribution in [0.2, 0.25) is 5.02 Å². The van der Waals surface area contributed by atoms with Gasteiger partial charge in [0, 0.05) is 20.7 Å². The second-order valence-corrected chi connectivity index (χ2v) is 5.50. The molecule has 0 atom stereocenters. The monoisotopic (exact) mass is 371 g/mol. The summed E-state index contributed by atoms with van der Waals surface area (Å²) in [5.74, 6) is -0.0662. The average molecular weight is 372 g/mol. The number of benzene rings is 2. The van der Waals surface area contributed by atoms with Crippen LogP contribution in [0.1, 0.15) is 15.9 Å². The minimum atomic E-state index is -0.0662. The van der Waals surface area contributed by atoms with E-state index >= 15 is 0 Å². The lowest BCUT2D eigenvalue weighted by atomic mass is 10.2. The maximum atomic E-state index is 11.9. The molecule has 0 aliphatic carbocycles. The van der Waals surface area contributed by atoms with Gasteiger partial charge < -0.3 is 5.32 Å². The van der Waals surface area contributed by atoms with Crippen molar-refractivity contribution in [2.75, 3.05) is 0 Å². The van der Waals surface area contributed by atoms with Crippen LogP contribution in [0.25, 0.3) is 0 Å². The highest BCUT2D eigenvalue weighted by molar-refractivity contribution is 14.1. The van der Waals surface area contributed by atoms with Crippen LogP contribution in [-0.2, 0) is 6.54 Å². The van der Waals surface area contributed by atoms with Crippen LogP contribution in [0.5, 0.6) is 0 Å². The van der Waals surface area contributed by atoms with Gasteiger partial charge in [0.25, 0.3) is 5.91 Å². The SMILES string of the molecule is O=C(NCc1ccc(Cl)cc1)c1cccc(I)c1. The highest BCUT2D eigenvalue weighted by Crippen LogP contribution is 2.10. The Hall–Kier alpha value is -1.07. The molecule has 1 N–H and O–H groups in total. The van der Waals surface area contributed by atoms with Crippen molar-refractivity contribution in [3.8, 4) is 0 Å². The van der Waals surface area contributed by atoms with E-state index in [1.807, 2.05) is 42.5 Å². The van der Waals surface area contributed by atoms with E-state index in [2.05, 4.69) is 27.9 Å². The quantitative estimate of drug-likeness (QED) is 0.815. The zero-order valence-electron chi connectivity index (χ0n) is 9.49. The fourth-order valence-corrected chi connectivity index (χ4v) is 2.19. The number of halogens is 2. The molecule has 0 saturated carbocycles. The van der Waals surface area contributed by atoms with Crippen LogP contribution < -0.4 is 5.32 Å². The summed E-state index contributed by atoms with van der Waals surface area (Å²) in [5, 5.41) is 3.57. The zero-order valence-corrected chi connectivity index (χ0v) is 12.4. The highest BCUT2D eigenvalue weighted by atomic mass is 127. The van der Waals surface area contributed by atoms with Crippen molar-refractivity contribution in [1.29, 1.82) is 0 Å². The number of hydrogen-bond acceptors (Lipinski definition) is 1. The van der Waals surface area contributed by atoms with E-state index in [1.165, 1.54) is 0 Å². The Labute approximate surface area is 124 Å². The van der Waals surface area contributed by atoms with E-state index in [1.54, 1.807) is 6.07 Å². The molecule has 0 bridgehead atoms. The molecule has 92 valence electrons. The molecule has 0 aromatic heterocycles. The molecule has 0 spiro atoms. The topological polar surface area (TPSA) is 29.1 Å². The first-order valence-corrected chi connectivity index (χ1v) is 6.89. The van der Waals surface area contributed by atoms with Crippen LogP contribution >= 0.6 is 34.2 Å². The number of carbonyl (C=O) groups is 1. The molecular formula is C14H11ClINO. The van der Waals surface area contributed by atoms with Crippen molar-refractivity contribution in [3.63, 3.8) is 0 Å². The van der Waals surface area contributed by atoms with Gasteiger partial charge in [0.1, 0.15) is 0 Å². The molecule has 0 saturated heterocycles. The molecule has 4 heteroatoms. The van der Waals surface area contributed by atoms with Gasteiger partial charge in [-0.1, -0.05) is 29.8 Å². The van der Waals surface area contributed by atoms with Crippen molar-refractivity contribution in [1.82, 2.24) is 5.32 Å². The summed E-state index contributed by atoms with van der Waals surface area (Å²) in [7, 11) is 0. The summed E-state index contributed by atoms with van der Waals surface area (Å²) in [5.41, 5.74) is 1.70. The molecule has 0 aliphatic heterocycles. The van der Waals surface area contributed by atoms with Crippen LogP contribution in [0.15, 0.2) is 48.5 Å². The molecule has 0 fully saturated rings. The molecule has 1 amide bonds. The van der Waals surface area contributed by atoms with Crippen molar-refractivity contribution in [2.24, 2.45) is 0 Å². The van der Waals surface area contributed by atoms with Gasteiger partial charge in [-0.2, -0.15) is 0 Å². The lowest BCUT2D eigenvalue weighted by molar-refractivity contribution is 0.0951. The lowest BCUT2D eigenvalue weighted by Gasteiger charge is -2.05. The number of rotatable bonds is 3. The Morgan fingerprint density at radius 2 is 1.89 bits per heavy atom. The van der Waals surface area contributed by atoms with Gasteiger partial charge >= 0.3 is 0 Å². The van der Waals surface area contributed by atoms with Gasteiger partial charge in [0.15, 0.2) is 0 Å². The van der Waals surface area contributed by atoms with Crippen LogP contribution in [0.3, 0.4) is 0 Å². The predicted molar refractivity (Wildman–Crippen MR) is 81.8 cm³/mol. The number of carbonyl (C=O) groups excluding carboxylic acids is 1. The molecule has 0 radical (unpaired) electrons. The average Bonchev–Trinajstić information content (AvgIpc) is 2.38. The van der Waals surface area contributed by atoms with Crippen molar-refractivity contribution in [2.45, 2.75) is 6.54 Å². The Bertz CT molecular complexity index is 554. The standard InChI is InChI=1S/C14H11ClINO/c15-12-6-4-10(5-7-12)9-17-14(18)11-2-1-3-13(16)8-11/h1-8H,9H2,(H,17,18). The van der Waals surface area contributed by atoms with Crippen LogP contribution in [-0.4, -0.2) is 5.91 Å². The van der Waals surface area contributed by atoms with Crippen molar-refractivity contribution < 1.29 is 4.79 Å². The maximum Gasteiger partial charge on any atom is 0.251 e. The van der Waals surface area contributed by atoms with Crippen LogP contribution in [0.4, 0.5) is 0 Å². The van der Waals surface area contributed by atoms with E-state index < -0.39 is 0 Å². The second kappa shape index (κ2) is 6.20. The van der Waals surface area contributed by atoms with Gasteiger partial charge in [-0.3, -0.25) is 4.79 Å². The summed E-state index contributed by atoms with van der Waals surface area (Å²) in [4.78, 5) is 11.9. The zero-order chi connectivity index (χ0) is 13.0. The van der Waals surface area contributed by atoms with Crippen molar-refractivity contribution in [3.05, 3.63) is 68.3 Å². The summed E-state index contributed by atoms with van der Waals surface area (Å²) in [6.07, 6.45) is 0. The fourth-order valence-electron chi connectivity index (χ4n) is 1.52. The molecule has 2 aromatic rings. The molecule has 0 unspecified atom stereocenters. The number of nitrogens with one attached hydrogen (secondary N) is 1. The van der Waals surface area contributed by atoms with E-state index in [9.17, 15) is 4.79 Å². The van der Waals surface area contributed by atoms with Gasteiger partial charge in [-0.05, 0) is 58.5 Å². The smallest absolute Gasteiger partial charge is 0.251 e. The van der Waals surface area contributed by atoms with Crippen LogP contribution in [0, 0.1) is 3.57 Å². The Kier molecular flexibility index (Phi) is 4.60. The number of hydrogen-bond donors (Lipinski definition) is 1. The lowest BCUT2D eigenvalue weighted by Crippen LogP contribution is -2.22. The minimum Gasteiger partial charge on any atom is -0.348 e. The third-order valence-electron chi connectivity index (χ3n) is 2.45. The maximum absolute atomic E-state index is 11.9.